The van der Waals surface area contributed by atoms with Crippen molar-refractivity contribution in [1.29, 1.82) is 0 Å². The maximum absolute atomic E-state index is 5.04. The first-order valence-corrected chi connectivity index (χ1v) is 3.31. The number of rotatable bonds is 2. The second-order valence-corrected chi connectivity index (χ2v) is 1.97. The summed E-state index contributed by atoms with van der Waals surface area (Å²) in [5.74, 6) is 0.748. The van der Waals surface area contributed by atoms with Gasteiger partial charge in [0, 0.05) is 7.05 Å². The fourth-order valence-electron chi connectivity index (χ4n) is 0.820. The van der Waals surface area contributed by atoms with Crippen LogP contribution in [-0.4, -0.2) is 14.2 Å². The first kappa shape index (κ1) is 7.72. The summed E-state index contributed by atoms with van der Waals surface area (Å²) < 4.78 is 5.04. The Morgan fingerprint density at radius 3 is 2.64 bits per heavy atom. The monoisotopic (exact) mass is 150 g/mol. The van der Waals surface area contributed by atoms with E-state index in [2.05, 4.69) is 10.2 Å². The highest BCUT2D eigenvalue weighted by atomic mass is 16.5. The van der Waals surface area contributed by atoms with Crippen molar-refractivity contribution in [2.45, 2.75) is 0 Å². The van der Waals surface area contributed by atoms with E-state index >= 15 is 0 Å². The first-order valence-electron chi connectivity index (χ1n) is 3.31. The zero-order valence-corrected chi connectivity index (χ0v) is 6.61. The molecule has 11 heavy (non-hydrogen) atoms. The number of hydrogen-bond donors (Lipinski definition) is 0. The minimum atomic E-state index is 0.748. The smallest absolute Gasteiger partial charge is 0.146 e. The van der Waals surface area contributed by atoms with Crippen molar-refractivity contribution in [3.05, 3.63) is 24.3 Å². The van der Waals surface area contributed by atoms with Gasteiger partial charge in [-0.2, -0.15) is 10.2 Å². The average molecular weight is 150 g/mol. The molecule has 3 nitrogen and oxygen atoms in total. The molecule has 0 aliphatic heterocycles. The highest BCUT2D eigenvalue weighted by molar-refractivity contribution is 5.50. The van der Waals surface area contributed by atoms with Gasteiger partial charge in [-0.1, -0.05) is 12.1 Å². The lowest BCUT2D eigenvalue weighted by Crippen LogP contribution is -1.81. The van der Waals surface area contributed by atoms with Gasteiger partial charge in [0.1, 0.15) is 11.4 Å². The van der Waals surface area contributed by atoms with Gasteiger partial charge in [-0.05, 0) is 12.1 Å². The van der Waals surface area contributed by atoms with E-state index in [0.29, 0.717) is 0 Å². The highest BCUT2D eigenvalue weighted by Gasteiger charge is 1.96. The Balaban J connectivity index is 3.02. The van der Waals surface area contributed by atoms with E-state index in [9.17, 15) is 0 Å². The lowest BCUT2D eigenvalue weighted by Gasteiger charge is -2.00. The Morgan fingerprint density at radius 1 is 1.27 bits per heavy atom. The molecule has 58 valence electrons. The third-order valence-corrected chi connectivity index (χ3v) is 1.29. The van der Waals surface area contributed by atoms with Gasteiger partial charge in [-0.15, -0.1) is 0 Å². The molecule has 3 heteroatoms. The van der Waals surface area contributed by atoms with Gasteiger partial charge in [0.05, 0.1) is 7.11 Å². The predicted octanol–water partition coefficient (Wildman–Crippen LogP) is 2.41. The van der Waals surface area contributed by atoms with Gasteiger partial charge in [0.25, 0.3) is 0 Å². The number of benzene rings is 1. The summed E-state index contributed by atoms with van der Waals surface area (Å²) in [6, 6.07) is 7.50. The molecule has 0 amide bonds. The number of methoxy groups -OCH3 is 1. The predicted molar refractivity (Wildman–Crippen MR) is 43.4 cm³/mol. The van der Waals surface area contributed by atoms with Crippen molar-refractivity contribution < 1.29 is 4.74 Å². The van der Waals surface area contributed by atoms with Gasteiger partial charge in [-0.3, -0.25) is 0 Å². The van der Waals surface area contributed by atoms with Crippen LogP contribution in [0.25, 0.3) is 0 Å². The molecule has 0 radical (unpaired) electrons. The summed E-state index contributed by atoms with van der Waals surface area (Å²) in [6.45, 7) is 0. The van der Waals surface area contributed by atoms with Crippen molar-refractivity contribution >= 4 is 5.69 Å². The molecule has 1 aromatic carbocycles. The molecule has 0 heterocycles. The zero-order chi connectivity index (χ0) is 8.10. The molecule has 0 saturated carbocycles. The topological polar surface area (TPSA) is 34.0 Å². The van der Waals surface area contributed by atoms with Crippen LogP contribution in [0.5, 0.6) is 5.75 Å². The van der Waals surface area contributed by atoms with Crippen LogP contribution in [0.15, 0.2) is 34.5 Å². The van der Waals surface area contributed by atoms with Crippen molar-refractivity contribution in [3.8, 4) is 5.75 Å². The normalized spacial score (nSPS) is 10.4. The van der Waals surface area contributed by atoms with Crippen LogP contribution in [0.3, 0.4) is 0 Å². The van der Waals surface area contributed by atoms with Crippen molar-refractivity contribution in [1.82, 2.24) is 0 Å². The van der Waals surface area contributed by atoms with Crippen LogP contribution in [0.2, 0.25) is 0 Å². The third kappa shape index (κ3) is 1.77. The minimum Gasteiger partial charge on any atom is -0.494 e. The summed E-state index contributed by atoms with van der Waals surface area (Å²) in [6.07, 6.45) is 0. The van der Waals surface area contributed by atoms with Gasteiger partial charge in [-0.25, -0.2) is 0 Å². The number of nitrogens with zero attached hydrogens (tertiary/aromatic N) is 2. The molecule has 1 rings (SSSR count). The molecule has 0 aliphatic rings. The Hall–Kier alpha value is -1.38. The summed E-state index contributed by atoms with van der Waals surface area (Å²) in [4.78, 5) is 0. The van der Waals surface area contributed by atoms with Crippen LogP contribution >= 0.6 is 0 Å². The quantitative estimate of drug-likeness (QED) is 0.596. The molecular weight excluding hydrogens is 140 g/mol. The Morgan fingerprint density at radius 2 is 2.00 bits per heavy atom. The molecule has 1 aromatic rings. The number of azo groups is 1. The Bertz CT molecular complexity index is 258. The highest BCUT2D eigenvalue weighted by Crippen LogP contribution is 2.25. The fraction of sp³-hybridized carbons (Fsp3) is 0.250. The van der Waals surface area contributed by atoms with Crippen LogP contribution in [0.1, 0.15) is 0 Å². The zero-order valence-electron chi connectivity index (χ0n) is 6.61. The van der Waals surface area contributed by atoms with Crippen LogP contribution < -0.4 is 4.74 Å². The number of ether oxygens (including phenoxy) is 1. The molecular formula is C8H10N2O. The molecule has 0 spiro atoms. The van der Waals surface area contributed by atoms with Crippen LogP contribution in [0, 0.1) is 0 Å². The van der Waals surface area contributed by atoms with E-state index in [1.54, 1.807) is 14.2 Å². The molecule has 0 atom stereocenters. The van der Waals surface area contributed by atoms with E-state index in [1.807, 2.05) is 24.3 Å². The van der Waals surface area contributed by atoms with Gasteiger partial charge in [0.2, 0.25) is 0 Å². The minimum absolute atomic E-state index is 0.748. The summed E-state index contributed by atoms with van der Waals surface area (Å²) in [5, 5.41) is 7.54. The molecule has 0 fully saturated rings. The van der Waals surface area contributed by atoms with E-state index in [1.165, 1.54) is 0 Å². The molecule has 0 aromatic heterocycles. The lowest BCUT2D eigenvalue weighted by molar-refractivity contribution is 0.416. The van der Waals surface area contributed by atoms with Gasteiger partial charge >= 0.3 is 0 Å². The standard InChI is InChI=1S/C8H10N2O/c1-9-10-7-5-3-4-6-8(7)11-2/h3-6H,1-2H3. The lowest BCUT2D eigenvalue weighted by atomic mass is 10.3. The first-order chi connectivity index (χ1) is 5.38. The number of hydrogen-bond acceptors (Lipinski definition) is 3. The average Bonchev–Trinajstić information content (AvgIpc) is 2.06. The fourth-order valence-corrected chi connectivity index (χ4v) is 0.820. The van der Waals surface area contributed by atoms with E-state index in [-0.39, 0.29) is 0 Å². The Labute approximate surface area is 65.7 Å². The van der Waals surface area contributed by atoms with E-state index in [0.717, 1.165) is 11.4 Å². The molecule has 0 bridgehead atoms. The molecule has 0 unspecified atom stereocenters. The molecule has 0 saturated heterocycles. The van der Waals surface area contributed by atoms with E-state index in [4.69, 9.17) is 4.74 Å². The SMILES string of the molecule is CN=Nc1ccccc1OC. The second kappa shape index (κ2) is 3.71. The maximum Gasteiger partial charge on any atom is 0.146 e. The van der Waals surface area contributed by atoms with Crippen molar-refractivity contribution in [2.24, 2.45) is 10.2 Å². The van der Waals surface area contributed by atoms with Crippen LogP contribution in [0.4, 0.5) is 5.69 Å². The van der Waals surface area contributed by atoms with Gasteiger partial charge < -0.3 is 4.74 Å². The second-order valence-electron chi connectivity index (χ2n) is 1.97. The van der Waals surface area contributed by atoms with Crippen molar-refractivity contribution in [3.63, 3.8) is 0 Å². The molecule has 0 N–H and O–H groups in total. The largest absolute Gasteiger partial charge is 0.494 e. The third-order valence-electron chi connectivity index (χ3n) is 1.29. The maximum atomic E-state index is 5.04. The number of para-hydroxylation sites is 1. The van der Waals surface area contributed by atoms with Crippen molar-refractivity contribution in [2.75, 3.05) is 14.2 Å². The summed E-state index contributed by atoms with van der Waals surface area (Å²) >= 11 is 0. The van der Waals surface area contributed by atoms with Crippen LogP contribution in [-0.2, 0) is 0 Å². The Kier molecular flexibility index (Phi) is 2.60. The summed E-state index contributed by atoms with van der Waals surface area (Å²) in [7, 11) is 3.25. The van der Waals surface area contributed by atoms with Gasteiger partial charge in [0.15, 0.2) is 0 Å². The summed E-state index contributed by atoms with van der Waals surface area (Å²) in [5.41, 5.74) is 0.762. The molecule has 0 aliphatic carbocycles. The van der Waals surface area contributed by atoms with E-state index < -0.39 is 0 Å².